The molecule has 0 heterocycles. The molecule has 0 aliphatic heterocycles. The van der Waals surface area contributed by atoms with Crippen LogP contribution in [0.1, 0.15) is 0 Å². The SMILES string of the molecule is O=C(CNc1cc(Cl)ccc1F)Nc1cccc(Br)c1. The molecule has 3 nitrogen and oxygen atoms in total. The van der Waals surface area contributed by atoms with E-state index in [0.29, 0.717) is 10.7 Å². The molecule has 0 atom stereocenters. The van der Waals surface area contributed by atoms with Gasteiger partial charge in [-0.15, -0.1) is 0 Å². The van der Waals surface area contributed by atoms with Crippen molar-refractivity contribution in [1.82, 2.24) is 0 Å². The maximum atomic E-state index is 13.4. The predicted molar refractivity (Wildman–Crippen MR) is 82.7 cm³/mol. The Hall–Kier alpha value is -1.59. The summed E-state index contributed by atoms with van der Waals surface area (Å²) in [5.41, 5.74) is 0.861. The Morgan fingerprint density at radius 3 is 2.80 bits per heavy atom. The van der Waals surface area contributed by atoms with Gasteiger partial charge in [0.05, 0.1) is 12.2 Å². The van der Waals surface area contributed by atoms with Crippen LogP contribution in [0.25, 0.3) is 0 Å². The number of carbonyl (C=O) groups excluding carboxylic acids is 1. The quantitative estimate of drug-likeness (QED) is 0.857. The van der Waals surface area contributed by atoms with Crippen LogP contribution in [0.15, 0.2) is 46.9 Å². The molecule has 0 saturated carbocycles. The molecule has 0 aliphatic carbocycles. The van der Waals surface area contributed by atoms with Gasteiger partial charge >= 0.3 is 0 Å². The lowest BCUT2D eigenvalue weighted by Crippen LogP contribution is -2.22. The molecule has 0 aromatic heterocycles. The minimum Gasteiger partial charge on any atom is -0.374 e. The van der Waals surface area contributed by atoms with E-state index in [0.717, 1.165) is 4.47 Å². The topological polar surface area (TPSA) is 41.1 Å². The van der Waals surface area contributed by atoms with E-state index in [1.807, 2.05) is 12.1 Å². The van der Waals surface area contributed by atoms with Gasteiger partial charge < -0.3 is 10.6 Å². The molecule has 1 amide bonds. The Morgan fingerprint density at radius 1 is 1.25 bits per heavy atom. The van der Waals surface area contributed by atoms with Crippen LogP contribution >= 0.6 is 27.5 Å². The maximum absolute atomic E-state index is 13.4. The molecular formula is C14H11BrClFN2O. The third kappa shape index (κ3) is 4.21. The fourth-order valence-electron chi connectivity index (χ4n) is 1.58. The van der Waals surface area contributed by atoms with Crippen molar-refractivity contribution in [3.8, 4) is 0 Å². The first-order chi connectivity index (χ1) is 9.54. The summed E-state index contributed by atoms with van der Waals surface area (Å²) in [6.07, 6.45) is 0. The second kappa shape index (κ2) is 6.72. The number of hydrogen-bond acceptors (Lipinski definition) is 2. The zero-order valence-electron chi connectivity index (χ0n) is 10.3. The predicted octanol–water partition coefficient (Wildman–Crippen LogP) is 4.29. The lowest BCUT2D eigenvalue weighted by Gasteiger charge is -2.09. The fraction of sp³-hybridized carbons (Fsp3) is 0.0714. The standard InChI is InChI=1S/C14H11BrClFN2O/c15-9-2-1-3-11(6-9)19-14(20)8-18-13-7-10(16)4-5-12(13)17/h1-7,18H,8H2,(H,19,20). The van der Waals surface area contributed by atoms with Crippen molar-refractivity contribution in [3.05, 3.63) is 57.8 Å². The normalized spacial score (nSPS) is 10.2. The highest BCUT2D eigenvalue weighted by atomic mass is 79.9. The van der Waals surface area contributed by atoms with E-state index in [2.05, 4.69) is 26.6 Å². The van der Waals surface area contributed by atoms with Gasteiger partial charge in [0.2, 0.25) is 5.91 Å². The third-order valence-corrected chi connectivity index (χ3v) is 3.20. The highest BCUT2D eigenvalue weighted by molar-refractivity contribution is 9.10. The van der Waals surface area contributed by atoms with Gasteiger partial charge in [0, 0.05) is 15.2 Å². The van der Waals surface area contributed by atoms with Crippen molar-refractivity contribution in [1.29, 1.82) is 0 Å². The van der Waals surface area contributed by atoms with Crippen LogP contribution in [0, 0.1) is 5.82 Å². The number of hydrogen-bond donors (Lipinski definition) is 2. The minimum absolute atomic E-state index is 0.0518. The number of nitrogens with one attached hydrogen (secondary N) is 2. The minimum atomic E-state index is -0.454. The Morgan fingerprint density at radius 2 is 2.05 bits per heavy atom. The first-order valence-corrected chi connectivity index (χ1v) is 6.96. The molecule has 2 N–H and O–H groups in total. The molecule has 0 radical (unpaired) electrons. The van der Waals surface area contributed by atoms with Gasteiger partial charge in [-0.1, -0.05) is 33.6 Å². The van der Waals surface area contributed by atoms with Crippen LogP contribution in [0.2, 0.25) is 5.02 Å². The summed E-state index contributed by atoms with van der Waals surface area (Å²) in [6, 6.07) is 11.3. The van der Waals surface area contributed by atoms with E-state index in [1.165, 1.54) is 18.2 Å². The van der Waals surface area contributed by atoms with Gasteiger partial charge in [-0.25, -0.2) is 4.39 Å². The molecular weight excluding hydrogens is 347 g/mol. The molecule has 104 valence electrons. The van der Waals surface area contributed by atoms with E-state index in [1.54, 1.807) is 12.1 Å². The Kier molecular flexibility index (Phi) is 4.98. The van der Waals surface area contributed by atoms with Gasteiger partial charge in [-0.05, 0) is 36.4 Å². The van der Waals surface area contributed by atoms with Crippen molar-refractivity contribution in [3.63, 3.8) is 0 Å². The lowest BCUT2D eigenvalue weighted by molar-refractivity contribution is -0.114. The Bertz CT molecular complexity index is 636. The van der Waals surface area contributed by atoms with Gasteiger partial charge in [-0.2, -0.15) is 0 Å². The van der Waals surface area contributed by atoms with Crippen LogP contribution in [0.4, 0.5) is 15.8 Å². The molecule has 0 saturated heterocycles. The summed E-state index contributed by atoms with van der Waals surface area (Å²) in [5, 5.41) is 5.81. The van der Waals surface area contributed by atoms with Crippen LogP contribution in [-0.4, -0.2) is 12.5 Å². The van der Waals surface area contributed by atoms with E-state index in [9.17, 15) is 9.18 Å². The van der Waals surface area contributed by atoms with Gasteiger partial charge in [0.1, 0.15) is 5.82 Å². The summed E-state index contributed by atoms with van der Waals surface area (Å²) in [6.45, 7) is -0.0518. The first-order valence-electron chi connectivity index (χ1n) is 5.79. The molecule has 2 aromatic carbocycles. The fourth-order valence-corrected chi connectivity index (χ4v) is 2.15. The van der Waals surface area contributed by atoms with Crippen molar-refractivity contribution >= 4 is 44.8 Å². The van der Waals surface area contributed by atoms with Crippen molar-refractivity contribution in [2.24, 2.45) is 0 Å². The molecule has 20 heavy (non-hydrogen) atoms. The molecule has 0 unspecified atom stereocenters. The van der Waals surface area contributed by atoms with Crippen molar-refractivity contribution in [2.45, 2.75) is 0 Å². The maximum Gasteiger partial charge on any atom is 0.243 e. The zero-order chi connectivity index (χ0) is 14.5. The number of rotatable bonds is 4. The number of amides is 1. The van der Waals surface area contributed by atoms with Crippen LogP contribution in [0.5, 0.6) is 0 Å². The molecule has 0 aliphatic rings. The highest BCUT2D eigenvalue weighted by Crippen LogP contribution is 2.19. The average molecular weight is 358 g/mol. The van der Waals surface area contributed by atoms with Crippen LogP contribution in [0.3, 0.4) is 0 Å². The van der Waals surface area contributed by atoms with E-state index in [-0.39, 0.29) is 18.1 Å². The summed E-state index contributed by atoms with van der Waals surface area (Å²) in [4.78, 5) is 11.7. The van der Waals surface area contributed by atoms with Crippen LogP contribution < -0.4 is 10.6 Å². The van der Waals surface area contributed by atoms with Gasteiger partial charge in [0.25, 0.3) is 0 Å². The molecule has 6 heteroatoms. The van der Waals surface area contributed by atoms with Gasteiger partial charge in [-0.3, -0.25) is 4.79 Å². The van der Waals surface area contributed by atoms with E-state index >= 15 is 0 Å². The zero-order valence-corrected chi connectivity index (χ0v) is 12.6. The number of halogens is 3. The van der Waals surface area contributed by atoms with Crippen LogP contribution in [-0.2, 0) is 4.79 Å². The summed E-state index contributed by atoms with van der Waals surface area (Å²) in [7, 11) is 0. The number of carbonyl (C=O) groups is 1. The molecule has 2 aromatic rings. The van der Waals surface area contributed by atoms with E-state index in [4.69, 9.17) is 11.6 Å². The summed E-state index contributed by atoms with van der Waals surface area (Å²) >= 11 is 9.08. The second-order valence-corrected chi connectivity index (χ2v) is 5.39. The molecule has 0 spiro atoms. The molecule has 0 fully saturated rings. The number of benzene rings is 2. The Balaban J connectivity index is 1.94. The molecule has 0 bridgehead atoms. The lowest BCUT2D eigenvalue weighted by atomic mass is 10.3. The van der Waals surface area contributed by atoms with Crippen molar-refractivity contribution in [2.75, 3.05) is 17.2 Å². The highest BCUT2D eigenvalue weighted by Gasteiger charge is 2.06. The first kappa shape index (κ1) is 14.8. The average Bonchev–Trinajstić information content (AvgIpc) is 2.40. The second-order valence-electron chi connectivity index (χ2n) is 4.04. The van der Waals surface area contributed by atoms with Gasteiger partial charge in [0.15, 0.2) is 0 Å². The summed E-state index contributed by atoms with van der Waals surface area (Å²) in [5.74, 6) is -0.730. The van der Waals surface area contributed by atoms with Crippen molar-refractivity contribution < 1.29 is 9.18 Å². The summed E-state index contributed by atoms with van der Waals surface area (Å²) < 4.78 is 14.3. The largest absolute Gasteiger partial charge is 0.374 e. The third-order valence-electron chi connectivity index (χ3n) is 2.48. The molecule has 2 rings (SSSR count). The Labute approximate surface area is 129 Å². The van der Waals surface area contributed by atoms with E-state index < -0.39 is 5.82 Å². The monoisotopic (exact) mass is 356 g/mol. The number of anilines is 2. The smallest absolute Gasteiger partial charge is 0.243 e.